The number of aliphatic hydroxyl groups is 1. The van der Waals surface area contributed by atoms with E-state index >= 15 is 0 Å². The van der Waals surface area contributed by atoms with Gasteiger partial charge in [0, 0.05) is 32.1 Å². The van der Waals surface area contributed by atoms with Crippen LogP contribution in [0.2, 0.25) is 0 Å². The Morgan fingerprint density at radius 1 is 1.12 bits per heavy atom. The second-order valence-electron chi connectivity index (χ2n) is 8.27. The standard InChI is InChI=1S/C25H32N4O5/c1-32-17-20(24(30)18-7-4-3-5-8-18)26-25(31)22-19-9-6-10-21(33-2)23(19)29(27-22)12-11-28-13-15-34-16-14-28/h3-10,20,24,30H,11-17H2,1-2H3,(H,26,31)/t20-,24+/m0/s1. The van der Waals surface area contributed by atoms with Crippen molar-refractivity contribution in [3.8, 4) is 5.75 Å². The number of para-hydroxylation sites is 1. The molecule has 2 aromatic carbocycles. The molecule has 1 saturated heterocycles. The van der Waals surface area contributed by atoms with E-state index in [1.54, 1.807) is 7.11 Å². The monoisotopic (exact) mass is 468 g/mol. The maximum Gasteiger partial charge on any atom is 0.272 e. The Bertz CT molecular complexity index is 1080. The Morgan fingerprint density at radius 2 is 1.88 bits per heavy atom. The van der Waals surface area contributed by atoms with Gasteiger partial charge in [0.25, 0.3) is 5.91 Å². The number of nitrogens with zero attached hydrogens (tertiary/aromatic N) is 3. The van der Waals surface area contributed by atoms with Crippen molar-refractivity contribution in [2.75, 3.05) is 53.7 Å². The number of amides is 1. The van der Waals surface area contributed by atoms with E-state index in [9.17, 15) is 9.90 Å². The van der Waals surface area contributed by atoms with Gasteiger partial charge in [-0.1, -0.05) is 42.5 Å². The van der Waals surface area contributed by atoms with Crippen molar-refractivity contribution in [2.45, 2.75) is 18.7 Å². The van der Waals surface area contributed by atoms with Gasteiger partial charge >= 0.3 is 0 Å². The third kappa shape index (κ3) is 5.39. The average Bonchev–Trinajstić information content (AvgIpc) is 3.27. The lowest BCUT2D eigenvalue weighted by Gasteiger charge is -2.26. The van der Waals surface area contributed by atoms with Crippen LogP contribution in [0.4, 0.5) is 0 Å². The first-order valence-corrected chi connectivity index (χ1v) is 11.5. The van der Waals surface area contributed by atoms with Crippen molar-refractivity contribution in [3.63, 3.8) is 0 Å². The van der Waals surface area contributed by atoms with Gasteiger partial charge in [-0.25, -0.2) is 0 Å². The summed E-state index contributed by atoms with van der Waals surface area (Å²) < 4.78 is 18.1. The van der Waals surface area contributed by atoms with Crippen molar-refractivity contribution < 1.29 is 24.1 Å². The number of methoxy groups -OCH3 is 2. The third-order valence-corrected chi connectivity index (χ3v) is 6.08. The molecular formula is C25H32N4O5. The number of benzene rings is 2. The number of carbonyl (C=O) groups excluding carboxylic acids is 1. The number of rotatable bonds is 10. The molecule has 0 radical (unpaired) electrons. The van der Waals surface area contributed by atoms with Gasteiger partial charge in [-0.3, -0.25) is 14.4 Å². The molecule has 182 valence electrons. The predicted molar refractivity (Wildman–Crippen MR) is 128 cm³/mol. The Morgan fingerprint density at radius 3 is 2.59 bits per heavy atom. The van der Waals surface area contributed by atoms with Crippen molar-refractivity contribution in [1.82, 2.24) is 20.0 Å². The first kappa shape index (κ1) is 24.2. The van der Waals surface area contributed by atoms with Crippen molar-refractivity contribution in [3.05, 3.63) is 59.8 Å². The van der Waals surface area contributed by atoms with Gasteiger partial charge < -0.3 is 24.6 Å². The highest BCUT2D eigenvalue weighted by Gasteiger charge is 2.27. The molecular weight excluding hydrogens is 436 g/mol. The number of aliphatic hydroxyl groups excluding tert-OH is 1. The van der Waals surface area contributed by atoms with E-state index in [1.807, 2.05) is 53.2 Å². The Labute approximate surface area is 199 Å². The quantitative estimate of drug-likeness (QED) is 0.469. The fourth-order valence-corrected chi connectivity index (χ4v) is 4.27. The molecule has 2 N–H and O–H groups in total. The van der Waals surface area contributed by atoms with E-state index in [0.29, 0.717) is 23.2 Å². The summed E-state index contributed by atoms with van der Waals surface area (Å²) in [6, 6.07) is 14.1. The number of carbonyl (C=O) groups is 1. The second-order valence-corrected chi connectivity index (χ2v) is 8.27. The van der Waals surface area contributed by atoms with Crippen molar-refractivity contribution in [1.29, 1.82) is 0 Å². The zero-order valence-electron chi connectivity index (χ0n) is 19.6. The smallest absolute Gasteiger partial charge is 0.272 e. The van der Waals surface area contributed by atoms with Gasteiger partial charge in [-0.05, 0) is 11.6 Å². The van der Waals surface area contributed by atoms with Crippen LogP contribution in [0, 0.1) is 0 Å². The fourth-order valence-electron chi connectivity index (χ4n) is 4.27. The molecule has 1 aliphatic heterocycles. The van der Waals surface area contributed by atoms with Crippen LogP contribution < -0.4 is 10.1 Å². The van der Waals surface area contributed by atoms with E-state index in [1.165, 1.54) is 7.11 Å². The van der Waals surface area contributed by atoms with Gasteiger partial charge in [0.15, 0.2) is 5.69 Å². The Kier molecular flexibility index (Phi) is 8.12. The number of fused-ring (bicyclic) bond motifs is 1. The molecule has 4 rings (SSSR count). The minimum atomic E-state index is -0.922. The molecule has 0 spiro atoms. The lowest BCUT2D eigenvalue weighted by molar-refractivity contribution is 0.0361. The van der Waals surface area contributed by atoms with E-state index < -0.39 is 12.1 Å². The van der Waals surface area contributed by atoms with Crippen LogP contribution in [-0.2, 0) is 16.0 Å². The van der Waals surface area contributed by atoms with Gasteiger partial charge in [-0.2, -0.15) is 5.10 Å². The minimum absolute atomic E-state index is 0.154. The lowest BCUT2D eigenvalue weighted by Crippen LogP contribution is -2.42. The van der Waals surface area contributed by atoms with E-state index in [4.69, 9.17) is 14.2 Å². The molecule has 0 bridgehead atoms. The summed E-state index contributed by atoms with van der Waals surface area (Å²) in [5, 5.41) is 19.2. The summed E-state index contributed by atoms with van der Waals surface area (Å²) in [5.41, 5.74) is 1.76. The van der Waals surface area contributed by atoms with Gasteiger partial charge in [0.1, 0.15) is 17.4 Å². The molecule has 3 aromatic rings. The molecule has 1 amide bonds. The molecule has 0 saturated carbocycles. The van der Waals surface area contributed by atoms with E-state index in [2.05, 4.69) is 15.3 Å². The molecule has 0 unspecified atom stereocenters. The van der Waals surface area contributed by atoms with Gasteiger partial charge in [-0.15, -0.1) is 0 Å². The number of aromatic nitrogens is 2. The van der Waals surface area contributed by atoms with Crippen LogP contribution in [0.3, 0.4) is 0 Å². The number of hydrogen-bond acceptors (Lipinski definition) is 7. The number of nitrogens with one attached hydrogen (secondary N) is 1. The van der Waals surface area contributed by atoms with Crippen LogP contribution in [0.15, 0.2) is 48.5 Å². The Hall–Kier alpha value is -2.98. The number of hydrogen-bond donors (Lipinski definition) is 2. The molecule has 2 heterocycles. The zero-order valence-corrected chi connectivity index (χ0v) is 19.6. The molecule has 1 fully saturated rings. The summed E-state index contributed by atoms with van der Waals surface area (Å²) in [5.74, 6) is 0.282. The van der Waals surface area contributed by atoms with Crippen molar-refractivity contribution >= 4 is 16.8 Å². The molecule has 34 heavy (non-hydrogen) atoms. The topological polar surface area (TPSA) is 98.1 Å². The second kappa shape index (κ2) is 11.4. The van der Waals surface area contributed by atoms with Crippen LogP contribution in [0.1, 0.15) is 22.2 Å². The fraction of sp³-hybridized carbons (Fsp3) is 0.440. The summed E-state index contributed by atoms with van der Waals surface area (Å²) in [6.07, 6.45) is -0.922. The molecule has 1 aromatic heterocycles. The summed E-state index contributed by atoms with van der Waals surface area (Å²) in [4.78, 5) is 15.7. The summed E-state index contributed by atoms with van der Waals surface area (Å²) >= 11 is 0. The number of morpholine rings is 1. The molecule has 9 heteroatoms. The highest BCUT2D eigenvalue weighted by Crippen LogP contribution is 2.28. The SMILES string of the molecule is COC[C@H](NC(=O)c1nn(CCN2CCOCC2)c2c(OC)cccc12)[C@H](O)c1ccccc1. The highest BCUT2D eigenvalue weighted by molar-refractivity contribution is 6.06. The average molecular weight is 469 g/mol. The molecule has 2 atom stereocenters. The van der Waals surface area contributed by atoms with Crippen LogP contribution in [-0.4, -0.2) is 85.4 Å². The summed E-state index contributed by atoms with van der Waals surface area (Å²) in [7, 11) is 3.15. The Balaban J connectivity index is 1.59. The zero-order chi connectivity index (χ0) is 23.9. The molecule has 0 aliphatic carbocycles. The first-order chi connectivity index (χ1) is 16.6. The maximum absolute atomic E-state index is 13.4. The van der Waals surface area contributed by atoms with Crippen LogP contribution >= 0.6 is 0 Å². The third-order valence-electron chi connectivity index (χ3n) is 6.08. The van der Waals surface area contributed by atoms with E-state index in [0.717, 1.165) is 38.4 Å². The van der Waals surface area contributed by atoms with E-state index in [-0.39, 0.29) is 18.2 Å². The highest BCUT2D eigenvalue weighted by atomic mass is 16.5. The summed E-state index contributed by atoms with van der Waals surface area (Å²) in [6.45, 7) is 4.75. The van der Waals surface area contributed by atoms with Crippen LogP contribution in [0.5, 0.6) is 5.75 Å². The number of ether oxygens (including phenoxy) is 3. The van der Waals surface area contributed by atoms with Crippen molar-refractivity contribution in [2.24, 2.45) is 0 Å². The van der Waals surface area contributed by atoms with Crippen LogP contribution in [0.25, 0.3) is 10.9 Å². The molecule has 9 nitrogen and oxygen atoms in total. The first-order valence-electron chi connectivity index (χ1n) is 11.5. The van der Waals surface area contributed by atoms with Gasteiger partial charge in [0.2, 0.25) is 0 Å². The predicted octanol–water partition coefficient (Wildman–Crippen LogP) is 1.86. The largest absolute Gasteiger partial charge is 0.494 e. The minimum Gasteiger partial charge on any atom is -0.494 e. The normalized spacial score (nSPS) is 16.3. The van der Waals surface area contributed by atoms with Gasteiger partial charge in [0.05, 0.1) is 39.5 Å². The maximum atomic E-state index is 13.4. The lowest BCUT2D eigenvalue weighted by atomic mass is 10.0. The molecule has 1 aliphatic rings.